The molecular weight excluding hydrogens is 370 g/mol. The molecule has 150 valence electrons. The lowest BCUT2D eigenvalue weighted by Crippen LogP contribution is -2.51. The monoisotopic (exact) mass is 393 g/mol. The Bertz CT molecular complexity index is 982. The van der Waals surface area contributed by atoms with Gasteiger partial charge in [-0.1, -0.05) is 18.2 Å². The van der Waals surface area contributed by atoms with Crippen LogP contribution in [0.1, 0.15) is 15.9 Å². The number of ether oxygens (including phenoxy) is 2. The topological polar surface area (TPSA) is 62.3 Å². The number of para-hydroxylation sites is 1. The number of fused-ring (bicyclic) bond motifs is 2. The fourth-order valence-corrected chi connectivity index (χ4v) is 4.22. The van der Waals surface area contributed by atoms with Crippen molar-refractivity contribution in [2.45, 2.75) is 6.92 Å². The number of Topliss-reactive ketones (excluding diaryl/α,β-unsaturated/α-hetero) is 1. The van der Waals surface area contributed by atoms with Crippen LogP contribution >= 0.6 is 0 Å². The van der Waals surface area contributed by atoms with E-state index in [4.69, 9.17) is 9.47 Å². The van der Waals surface area contributed by atoms with E-state index >= 15 is 0 Å². The molecule has 0 unspecified atom stereocenters. The Labute approximate surface area is 169 Å². The summed E-state index contributed by atoms with van der Waals surface area (Å²) >= 11 is 0. The molecule has 0 aromatic heterocycles. The minimum absolute atomic E-state index is 0.401. The van der Waals surface area contributed by atoms with Gasteiger partial charge in [-0.2, -0.15) is 0 Å². The number of carbonyl (C=O) groups excluding carboxylic acids is 2. The highest BCUT2D eigenvalue weighted by Crippen LogP contribution is 2.40. The van der Waals surface area contributed by atoms with Crippen LogP contribution in [0.2, 0.25) is 0 Å². The molecule has 0 radical (unpaired) electrons. The Hall–Kier alpha value is -3.06. The summed E-state index contributed by atoms with van der Waals surface area (Å²) in [5.74, 6) is 0.163. The van der Waals surface area contributed by atoms with E-state index in [0.717, 1.165) is 26.2 Å². The first kappa shape index (κ1) is 18.0. The quantitative estimate of drug-likeness (QED) is 0.744. The summed E-state index contributed by atoms with van der Waals surface area (Å²) in [6.07, 6.45) is 0. The number of amides is 1. The van der Waals surface area contributed by atoms with Crippen LogP contribution in [0.25, 0.3) is 0 Å². The van der Waals surface area contributed by atoms with Crippen molar-refractivity contribution >= 4 is 23.1 Å². The second-order valence-electron chi connectivity index (χ2n) is 7.61. The number of rotatable bonds is 3. The van der Waals surface area contributed by atoms with Crippen molar-refractivity contribution in [1.82, 2.24) is 4.90 Å². The van der Waals surface area contributed by atoms with E-state index in [-0.39, 0.29) is 0 Å². The zero-order valence-electron chi connectivity index (χ0n) is 16.4. The van der Waals surface area contributed by atoms with Crippen LogP contribution in [0, 0.1) is 6.92 Å². The third kappa shape index (κ3) is 3.11. The average Bonchev–Trinajstić information content (AvgIpc) is 2.97. The lowest BCUT2D eigenvalue weighted by atomic mass is 10.1. The van der Waals surface area contributed by atoms with Crippen molar-refractivity contribution < 1.29 is 19.1 Å². The first-order valence-corrected chi connectivity index (χ1v) is 9.94. The minimum atomic E-state index is -0.483. The van der Waals surface area contributed by atoms with Crippen molar-refractivity contribution in [2.24, 2.45) is 0 Å². The second-order valence-corrected chi connectivity index (χ2v) is 7.61. The zero-order chi connectivity index (χ0) is 20.0. The van der Waals surface area contributed by atoms with Gasteiger partial charge in [0.15, 0.2) is 11.5 Å². The Morgan fingerprint density at radius 1 is 0.897 bits per heavy atom. The molecule has 7 nitrogen and oxygen atoms in total. The highest BCUT2D eigenvalue weighted by Gasteiger charge is 2.38. The number of piperazine rings is 1. The maximum atomic E-state index is 12.6. The van der Waals surface area contributed by atoms with E-state index in [9.17, 15) is 9.59 Å². The summed E-state index contributed by atoms with van der Waals surface area (Å²) in [6, 6.07) is 11.8. The van der Waals surface area contributed by atoms with Gasteiger partial charge in [-0.05, 0) is 24.6 Å². The number of aryl methyl sites for hydroxylation is 1. The number of nitrogens with zero attached hydrogens (tertiary/aromatic N) is 3. The number of ketones is 1. The van der Waals surface area contributed by atoms with Crippen molar-refractivity contribution in [3.8, 4) is 11.5 Å². The standard InChI is InChI=1S/C22H23N3O4/c1-15-4-2-3-5-17(15)24-8-6-23(7-9-24)14-25-18-13-20-19(28-10-11-29-20)12-16(18)21(26)22(25)27/h2-5,12-13H,6-11,14H2,1H3. The van der Waals surface area contributed by atoms with E-state index in [1.54, 1.807) is 17.0 Å². The van der Waals surface area contributed by atoms with Crippen molar-refractivity contribution in [1.29, 1.82) is 0 Å². The first-order valence-electron chi connectivity index (χ1n) is 9.94. The van der Waals surface area contributed by atoms with Gasteiger partial charge >= 0.3 is 5.91 Å². The summed E-state index contributed by atoms with van der Waals surface area (Å²) in [5, 5.41) is 0. The van der Waals surface area contributed by atoms with Crippen LogP contribution in [-0.2, 0) is 4.79 Å². The molecule has 1 amide bonds. The highest BCUT2D eigenvalue weighted by atomic mass is 16.6. The lowest BCUT2D eigenvalue weighted by Gasteiger charge is -2.38. The normalized spacial score (nSPS) is 18.9. The molecule has 7 heteroatoms. The van der Waals surface area contributed by atoms with Gasteiger partial charge in [0.25, 0.3) is 5.78 Å². The molecule has 0 spiro atoms. The molecule has 1 saturated heterocycles. The van der Waals surface area contributed by atoms with Crippen molar-refractivity contribution in [2.75, 3.05) is 55.9 Å². The molecule has 2 aromatic rings. The third-order valence-electron chi connectivity index (χ3n) is 5.81. The van der Waals surface area contributed by atoms with Gasteiger partial charge in [-0.3, -0.25) is 19.4 Å². The molecule has 3 heterocycles. The first-order chi connectivity index (χ1) is 14.1. The smallest absolute Gasteiger partial charge is 0.300 e. The molecule has 1 fully saturated rings. The molecule has 2 aromatic carbocycles. The van der Waals surface area contributed by atoms with Crippen LogP contribution < -0.4 is 19.3 Å². The second kappa shape index (κ2) is 7.08. The number of carbonyl (C=O) groups is 2. The van der Waals surface area contributed by atoms with Gasteiger partial charge in [0.2, 0.25) is 0 Å². The Morgan fingerprint density at radius 2 is 1.59 bits per heavy atom. The Kier molecular flexibility index (Phi) is 4.39. The van der Waals surface area contributed by atoms with Gasteiger partial charge in [0.1, 0.15) is 13.2 Å². The fraction of sp³-hybridized carbons (Fsp3) is 0.364. The average molecular weight is 393 g/mol. The molecule has 3 aliphatic rings. The van der Waals surface area contributed by atoms with Gasteiger partial charge in [-0.25, -0.2) is 0 Å². The number of hydrogen-bond acceptors (Lipinski definition) is 6. The van der Waals surface area contributed by atoms with E-state index < -0.39 is 11.7 Å². The summed E-state index contributed by atoms with van der Waals surface area (Å²) in [6.45, 7) is 6.86. The largest absolute Gasteiger partial charge is 0.486 e. The van der Waals surface area contributed by atoms with E-state index in [1.165, 1.54) is 11.3 Å². The number of anilines is 2. The van der Waals surface area contributed by atoms with E-state index in [1.807, 2.05) is 0 Å². The van der Waals surface area contributed by atoms with Gasteiger partial charge in [0, 0.05) is 37.9 Å². The lowest BCUT2D eigenvalue weighted by molar-refractivity contribution is -0.114. The van der Waals surface area contributed by atoms with Gasteiger partial charge in [0.05, 0.1) is 17.9 Å². The highest BCUT2D eigenvalue weighted by molar-refractivity contribution is 6.52. The van der Waals surface area contributed by atoms with E-state index in [0.29, 0.717) is 42.6 Å². The van der Waals surface area contributed by atoms with Crippen LogP contribution in [-0.4, -0.2) is 62.7 Å². The van der Waals surface area contributed by atoms with Crippen LogP contribution in [0.15, 0.2) is 36.4 Å². The van der Waals surface area contributed by atoms with Gasteiger partial charge in [-0.15, -0.1) is 0 Å². The van der Waals surface area contributed by atoms with E-state index in [2.05, 4.69) is 41.0 Å². The Morgan fingerprint density at radius 3 is 2.31 bits per heavy atom. The maximum absolute atomic E-state index is 12.6. The number of benzene rings is 2. The number of hydrogen-bond donors (Lipinski definition) is 0. The van der Waals surface area contributed by atoms with Crippen molar-refractivity contribution in [3.63, 3.8) is 0 Å². The Balaban J connectivity index is 1.31. The molecule has 0 atom stereocenters. The molecule has 0 bridgehead atoms. The molecular formula is C22H23N3O4. The summed E-state index contributed by atoms with van der Waals surface area (Å²) in [4.78, 5) is 31.3. The predicted octanol–water partition coefficient (Wildman–Crippen LogP) is 2.08. The molecule has 0 saturated carbocycles. The molecule has 29 heavy (non-hydrogen) atoms. The fourth-order valence-electron chi connectivity index (χ4n) is 4.22. The SMILES string of the molecule is Cc1ccccc1N1CCN(CN2C(=O)C(=O)c3cc4c(cc32)OCCO4)CC1. The summed E-state index contributed by atoms with van der Waals surface area (Å²) in [7, 11) is 0. The predicted molar refractivity (Wildman–Crippen MR) is 109 cm³/mol. The van der Waals surface area contributed by atoms with Crippen LogP contribution in [0.5, 0.6) is 11.5 Å². The molecule has 0 aliphatic carbocycles. The molecule has 3 aliphatic heterocycles. The molecule has 0 N–H and O–H groups in total. The van der Waals surface area contributed by atoms with Gasteiger partial charge < -0.3 is 14.4 Å². The van der Waals surface area contributed by atoms with Crippen LogP contribution in [0.3, 0.4) is 0 Å². The van der Waals surface area contributed by atoms with Crippen molar-refractivity contribution in [3.05, 3.63) is 47.5 Å². The zero-order valence-corrected chi connectivity index (χ0v) is 16.4. The minimum Gasteiger partial charge on any atom is -0.486 e. The van der Waals surface area contributed by atoms with Crippen LogP contribution in [0.4, 0.5) is 11.4 Å². The summed E-state index contributed by atoms with van der Waals surface area (Å²) < 4.78 is 11.2. The summed E-state index contributed by atoms with van der Waals surface area (Å²) in [5.41, 5.74) is 3.54. The molecule has 5 rings (SSSR count). The third-order valence-corrected chi connectivity index (χ3v) is 5.81. The maximum Gasteiger partial charge on any atom is 0.300 e.